The molecule has 0 radical (unpaired) electrons. The van der Waals surface area contributed by atoms with Gasteiger partial charge in [0.2, 0.25) is 0 Å². The summed E-state index contributed by atoms with van der Waals surface area (Å²) < 4.78 is 5.13. The Morgan fingerprint density at radius 3 is 2.28 bits per heavy atom. The van der Waals surface area contributed by atoms with E-state index >= 15 is 0 Å². The van der Waals surface area contributed by atoms with E-state index in [2.05, 4.69) is 35.2 Å². The minimum atomic E-state index is -0.0781. The van der Waals surface area contributed by atoms with Crippen molar-refractivity contribution in [3.8, 4) is 5.75 Å². The number of thioether (sulfide) groups is 3. The first kappa shape index (κ1) is 19.8. The van der Waals surface area contributed by atoms with E-state index in [0.29, 0.717) is 5.04 Å². The van der Waals surface area contributed by atoms with E-state index in [0.717, 1.165) is 16.3 Å². The van der Waals surface area contributed by atoms with Crippen LogP contribution in [0.2, 0.25) is 0 Å². The number of methoxy groups -OCH3 is 1. The molecule has 7 heteroatoms. The van der Waals surface area contributed by atoms with Crippen LogP contribution in [-0.4, -0.2) is 30.4 Å². The number of ketones is 1. The Bertz CT molecular complexity index is 761. The normalized spacial score (nSPS) is 11.3. The summed E-state index contributed by atoms with van der Waals surface area (Å²) in [6, 6.07) is 13.6. The van der Waals surface area contributed by atoms with Crippen LogP contribution in [0.25, 0.3) is 0 Å². The fourth-order valence-electron chi connectivity index (χ4n) is 1.95. The van der Waals surface area contributed by atoms with Crippen molar-refractivity contribution in [2.75, 3.05) is 25.0 Å². The average Bonchev–Trinajstić information content (AvgIpc) is 2.65. The maximum atomic E-state index is 11.9. The number of nitrogens with one attached hydrogen (secondary N) is 1. The van der Waals surface area contributed by atoms with Crippen LogP contribution in [0.15, 0.2) is 62.3 Å². The summed E-state index contributed by atoms with van der Waals surface area (Å²) in [5, 5.41) is 4.69. The van der Waals surface area contributed by atoms with Crippen molar-refractivity contribution < 1.29 is 9.53 Å². The summed E-state index contributed by atoms with van der Waals surface area (Å²) in [5.41, 5.74) is 3.72. The fourth-order valence-corrected chi connectivity index (χ4v) is 4.27. The summed E-state index contributed by atoms with van der Waals surface area (Å²) in [4.78, 5) is 15.3. The van der Waals surface area contributed by atoms with Gasteiger partial charge in [0, 0.05) is 21.6 Å². The van der Waals surface area contributed by atoms with Crippen LogP contribution in [0, 0.1) is 0 Å². The highest BCUT2D eigenvalue weighted by atomic mass is 32.2. The Labute approximate surface area is 161 Å². The molecule has 0 heterocycles. The molecule has 2 rings (SSSR count). The molecule has 0 spiro atoms. The number of hydrogen-bond donors (Lipinski definition) is 1. The summed E-state index contributed by atoms with van der Waals surface area (Å²) in [6.07, 6.45) is 4.11. The molecule has 2 aromatic carbocycles. The number of carbonyl (C=O) groups is 1. The van der Waals surface area contributed by atoms with Gasteiger partial charge in [-0.15, -0.1) is 23.5 Å². The summed E-state index contributed by atoms with van der Waals surface area (Å²) in [5.74, 6) is 0.694. The third kappa shape index (κ3) is 5.73. The van der Waals surface area contributed by atoms with E-state index in [1.807, 2.05) is 30.3 Å². The van der Waals surface area contributed by atoms with E-state index < -0.39 is 0 Å². The number of benzene rings is 2. The molecule has 0 amide bonds. The second kappa shape index (κ2) is 9.79. The molecular weight excluding hydrogens is 372 g/mol. The molecule has 0 aliphatic carbocycles. The van der Waals surface area contributed by atoms with Gasteiger partial charge in [-0.3, -0.25) is 10.2 Å². The summed E-state index contributed by atoms with van der Waals surface area (Å²) >= 11 is 4.77. The van der Waals surface area contributed by atoms with Crippen molar-refractivity contribution >= 4 is 51.8 Å². The molecule has 0 atom stereocenters. The first-order chi connectivity index (χ1) is 12.1. The maximum absolute atomic E-state index is 11.9. The Morgan fingerprint density at radius 1 is 1.04 bits per heavy atom. The molecule has 4 nitrogen and oxygen atoms in total. The largest absolute Gasteiger partial charge is 0.497 e. The lowest BCUT2D eigenvalue weighted by molar-refractivity contribution is -0.110. The first-order valence-corrected chi connectivity index (χ1v) is 10.7. The molecule has 1 N–H and O–H groups in total. The van der Waals surface area contributed by atoms with Gasteiger partial charge in [0.15, 0.2) is 10.8 Å². The van der Waals surface area contributed by atoms with Crippen LogP contribution in [-0.2, 0) is 4.79 Å². The number of nitrogens with zero attached hydrogens (tertiary/aromatic N) is 1. The molecule has 25 heavy (non-hydrogen) atoms. The number of Topliss-reactive ketones (excluding diaryl/α,β-unsaturated/α-hetero) is 1. The van der Waals surface area contributed by atoms with Gasteiger partial charge < -0.3 is 4.74 Å². The molecule has 0 aliphatic rings. The first-order valence-electron chi connectivity index (χ1n) is 7.46. The number of hydrazone groups is 1. The average molecular weight is 393 g/mol. The fraction of sp³-hybridized carbons (Fsp3) is 0.222. The zero-order valence-corrected chi connectivity index (χ0v) is 17.0. The molecule has 0 fully saturated rings. The Balaban J connectivity index is 2.15. The minimum Gasteiger partial charge on any atom is -0.497 e. The third-order valence-electron chi connectivity index (χ3n) is 3.25. The predicted molar refractivity (Wildman–Crippen MR) is 111 cm³/mol. The molecular formula is C18H20N2O2S3. The van der Waals surface area contributed by atoms with E-state index in [1.165, 1.54) is 28.5 Å². The maximum Gasteiger partial charge on any atom is 0.186 e. The van der Waals surface area contributed by atoms with Crippen molar-refractivity contribution in [3.63, 3.8) is 0 Å². The van der Waals surface area contributed by atoms with E-state index in [9.17, 15) is 4.79 Å². The van der Waals surface area contributed by atoms with Crippen LogP contribution >= 0.6 is 35.3 Å². The van der Waals surface area contributed by atoms with Gasteiger partial charge >= 0.3 is 0 Å². The SMILES string of the molecule is COc1ccc(N/N=C(/Sc2ccc(SC)c(SC)c2)C(C)=O)cc1. The number of rotatable bonds is 7. The predicted octanol–water partition coefficient (Wildman–Crippen LogP) is 5.25. The molecule has 0 saturated heterocycles. The smallest absolute Gasteiger partial charge is 0.186 e. The van der Waals surface area contributed by atoms with Crippen molar-refractivity contribution in [3.05, 3.63) is 42.5 Å². The molecule has 2 aromatic rings. The highest BCUT2D eigenvalue weighted by Gasteiger charge is 2.11. The zero-order chi connectivity index (χ0) is 18.2. The molecule has 0 bridgehead atoms. The molecule has 0 aliphatic heterocycles. The van der Waals surface area contributed by atoms with Gasteiger partial charge in [-0.25, -0.2) is 0 Å². The lowest BCUT2D eigenvalue weighted by Crippen LogP contribution is -2.08. The monoisotopic (exact) mass is 392 g/mol. The van der Waals surface area contributed by atoms with Gasteiger partial charge in [-0.1, -0.05) is 11.8 Å². The van der Waals surface area contributed by atoms with Crippen molar-refractivity contribution in [1.82, 2.24) is 0 Å². The zero-order valence-electron chi connectivity index (χ0n) is 14.5. The lowest BCUT2D eigenvalue weighted by Gasteiger charge is -2.09. The highest BCUT2D eigenvalue weighted by molar-refractivity contribution is 8.15. The molecule has 0 saturated carbocycles. The highest BCUT2D eigenvalue weighted by Crippen LogP contribution is 2.32. The Morgan fingerprint density at radius 2 is 1.72 bits per heavy atom. The quantitative estimate of drug-likeness (QED) is 0.301. The number of anilines is 1. The summed E-state index contributed by atoms with van der Waals surface area (Å²) in [6.45, 7) is 1.52. The molecule has 0 aromatic heterocycles. The molecule has 132 valence electrons. The van der Waals surface area contributed by atoms with Gasteiger partial charge in [0.25, 0.3) is 0 Å². The van der Waals surface area contributed by atoms with Gasteiger partial charge in [-0.2, -0.15) is 5.10 Å². The Hall–Kier alpha value is -1.57. The van der Waals surface area contributed by atoms with Crippen LogP contribution < -0.4 is 10.2 Å². The van der Waals surface area contributed by atoms with E-state index in [-0.39, 0.29) is 5.78 Å². The van der Waals surface area contributed by atoms with Crippen molar-refractivity contribution in [2.24, 2.45) is 5.10 Å². The number of carbonyl (C=O) groups excluding carboxylic acids is 1. The minimum absolute atomic E-state index is 0.0781. The number of hydrogen-bond acceptors (Lipinski definition) is 7. The van der Waals surface area contributed by atoms with Crippen molar-refractivity contribution in [1.29, 1.82) is 0 Å². The van der Waals surface area contributed by atoms with E-state index in [4.69, 9.17) is 4.74 Å². The second-order valence-corrected chi connectivity index (χ2v) is 7.69. The van der Waals surface area contributed by atoms with Crippen LogP contribution in [0.3, 0.4) is 0 Å². The van der Waals surface area contributed by atoms with E-state index in [1.54, 1.807) is 30.6 Å². The van der Waals surface area contributed by atoms with Gasteiger partial charge in [0.05, 0.1) is 12.8 Å². The van der Waals surface area contributed by atoms with Crippen LogP contribution in [0.4, 0.5) is 5.69 Å². The van der Waals surface area contributed by atoms with Gasteiger partial charge in [-0.05, 0) is 55.0 Å². The molecule has 0 unspecified atom stereocenters. The Kier molecular flexibility index (Phi) is 7.74. The van der Waals surface area contributed by atoms with Crippen molar-refractivity contribution in [2.45, 2.75) is 21.6 Å². The van der Waals surface area contributed by atoms with Crippen LogP contribution in [0.1, 0.15) is 6.92 Å². The third-order valence-corrected chi connectivity index (χ3v) is 6.01. The summed E-state index contributed by atoms with van der Waals surface area (Å²) in [7, 11) is 1.62. The van der Waals surface area contributed by atoms with Gasteiger partial charge in [0.1, 0.15) is 5.75 Å². The van der Waals surface area contributed by atoms with Crippen LogP contribution in [0.5, 0.6) is 5.75 Å². The lowest BCUT2D eigenvalue weighted by atomic mass is 10.3. The number of ether oxygens (including phenoxy) is 1. The topological polar surface area (TPSA) is 50.7 Å². The standard InChI is InChI=1S/C18H20N2O2S3/c1-12(21)18(20-19-13-5-7-14(22-2)8-6-13)25-15-9-10-16(23-3)17(11-15)24-4/h5-11,19H,1-4H3/b20-18+. The second-order valence-electron chi connectivity index (χ2n) is 4.93.